The minimum atomic E-state index is -0.135. The van der Waals surface area contributed by atoms with E-state index < -0.39 is 0 Å². The van der Waals surface area contributed by atoms with Crippen LogP contribution < -0.4 is 5.32 Å². The molecule has 27 heavy (non-hydrogen) atoms. The van der Waals surface area contributed by atoms with Crippen molar-refractivity contribution in [3.05, 3.63) is 47.6 Å². The second-order valence-corrected chi connectivity index (χ2v) is 6.82. The van der Waals surface area contributed by atoms with E-state index in [1.807, 2.05) is 49.1 Å². The van der Waals surface area contributed by atoms with Crippen LogP contribution in [0, 0.1) is 13.8 Å². The molecule has 4 rings (SSSR count). The molecule has 1 aliphatic heterocycles. The van der Waals surface area contributed by atoms with Gasteiger partial charge >= 0.3 is 6.03 Å². The number of likely N-dealkylation sites (tertiary alicyclic amines) is 1. The molecular formula is C19H22N6O2. The van der Waals surface area contributed by atoms with E-state index in [-0.39, 0.29) is 12.1 Å². The van der Waals surface area contributed by atoms with Crippen LogP contribution in [-0.4, -0.2) is 37.8 Å². The maximum absolute atomic E-state index is 12.9. The van der Waals surface area contributed by atoms with Crippen molar-refractivity contribution in [2.75, 3.05) is 11.9 Å². The molecule has 3 aromatic rings. The molecule has 3 heterocycles. The number of H-pyrrole nitrogens is 1. The summed E-state index contributed by atoms with van der Waals surface area (Å²) in [6.07, 6.45) is 2.94. The molecule has 2 amide bonds. The van der Waals surface area contributed by atoms with E-state index in [0.717, 1.165) is 42.1 Å². The summed E-state index contributed by atoms with van der Waals surface area (Å²) >= 11 is 0. The molecule has 8 heteroatoms. The summed E-state index contributed by atoms with van der Waals surface area (Å²) in [7, 11) is 0. The smallest absolute Gasteiger partial charge is 0.322 e. The molecular weight excluding hydrogens is 344 g/mol. The van der Waals surface area contributed by atoms with Gasteiger partial charge in [0.05, 0.1) is 6.04 Å². The Hall–Kier alpha value is -3.16. The van der Waals surface area contributed by atoms with Crippen LogP contribution in [0.2, 0.25) is 0 Å². The number of anilines is 1. The summed E-state index contributed by atoms with van der Waals surface area (Å²) in [6, 6.07) is 9.24. The average Bonchev–Trinajstić information content (AvgIpc) is 3.30. The van der Waals surface area contributed by atoms with Gasteiger partial charge in [0.15, 0.2) is 5.82 Å². The maximum Gasteiger partial charge on any atom is 0.322 e. The molecule has 1 saturated heterocycles. The molecule has 1 aliphatic rings. The Kier molecular flexibility index (Phi) is 4.62. The number of aromatic nitrogens is 4. The fourth-order valence-corrected chi connectivity index (χ4v) is 3.43. The highest BCUT2D eigenvalue weighted by Crippen LogP contribution is 2.31. The van der Waals surface area contributed by atoms with Crippen LogP contribution >= 0.6 is 0 Å². The SMILES string of the molecule is Cc1nc(-c2cccc(NC(=O)N3CCCC[C@@H]3c3cc(C)on3)c2)n[nH]1. The van der Waals surface area contributed by atoms with Crippen molar-refractivity contribution in [1.82, 2.24) is 25.2 Å². The maximum atomic E-state index is 12.9. The topological polar surface area (TPSA) is 99.9 Å². The third kappa shape index (κ3) is 3.69. The number of aryl methyl sites for hydroxylation is 2. The Morgan fingerprint density at radius 3 is 2.93 bits per heavy atom. The van der Waals surface area contributed by atoms with E-state index in [2.05, 4.69) is 25.7 Å². The fourth-order valence-electron chi connectivity index (χ4n) is 3.43. The molecule has 0 unspecified atom stereocenters. The van der Waals surface area contributed by atoms with E-state index in [9.17, 15) is 4.79 Å². The first-order valence-corrected chi connectivity index (χ1v) is 9.10. The van der Waals surface area contributed by atoms with Crippen LogP contribution in [0.5, 0.6) is 0 Å². The van der Waals surface area contributed by atoms with Gasteiger partial charge in [-0.2, -0.15) is 5.10 Å². The molecule has 0 spiro atoms. The lowest BCUT2D eigenvalue weighted by atomic mass is 9.99. The van der Waals surface area contributed by atoms with Gasteiger partial charge in [-0.05, 0) is 45.2 Å². The molecule has 2 aromatic heterocycles. The molecule has 0 saturated carbocycles. The van der Waals surface area contributed by atoms with Crippen molar-refractivity contribution in [2.45, 2.75) is 39.2 Å². The Morgan fingerprint density at radius 1 is 1.30 bits per heavy atom. The Bertz CT molecular complexity index is 947. The summed E-state index contributed by atoms with van der Waals surface area (Å²) in [4.78, 5) is 19.1. The lowest BCUT2D eigenvalue weighted by Crippen LogP contribution is -2.41. The zero-order chi connectivity index (χ0) is 18.8. The first kappa shape index (κ1) is 17.3. The molecule has 1 atom stereocenters. The highest BCUT2D eigenvalue weighted by Gasteiger charge is 2.30. The number of hydrogen-bond acceptors (Lipinski definition) is 5. The standard InChI is InChI=1S/C19H22N6O2/c1-12-10-16(24-27-12)17-8-3-4-9-25(17)19(26)21-15-7-5-6-14(11-15)18-20-13(2)22-23-18/h5-7,10-11,17H,3-4,8-9H2,1-2H3,(H,21,26)(H,20,22,23)/t17-/m1/s1. The number of aromatic amines is 1. The summed E-state index contributed by atoms with van der Waals surface area (Å²) < 4.78 is 5.21. The number of hydrogen-bond donors (Lipinski definition) is 2. The quantitative estimate of drug-likeness (QED) is 0.734. The number of carbonyl (C=O) groups excluding carboxylic acids is 1. The summed E-state index contributed by atoms with van der Waals surface area (Å²) in [5, 5.41) is 14.1. The van der Waals surface area contributed by atoms with Gasteiger partial charge in [-0.15, -0.1) is 0 Å². The van der Waals surface area contributed by atoms with E-state index in [0.29, 0.717) is 18.1 Å². The van der Waals surface area contributed by atoms with Crippen molar-refractivity contribution >= 4 is 11.7 Å². The van der Waals surface area contributed by atoms with Gasteiger partial charge in [0.2, 0.25) is 0 Å². The molecule has 140 valence electrons. The molecule has 0 aliphatic carbocycles. The zero-order valence-corrected chi connectivity index (χ0v) is 15.4. The van der Waals surface area contributed by atoms with Gasteiger partial charge in [0, 0.05) is 23.9 Å². The second-order valence-electron chi connectivity index (χ2n) is 6.82. The van der Waals surface area contributed by atoms with Gasteiger partial charge in [0.1, 0.15) is 17.3 Å². The van der Waals surface area contributed by atoms with Crippen LogP contribution in [-0.2, 0) is 0 Å². The van der Waals surface area contributed by atoms with Crippen molar-refractivity contribution < 1.29 is 9.32 Å². The number of benzene rings is 1. The molecule has 2 N–H and O–H groups in total. The highest BCUT2D eigenvalue weighted by atomic mass is 16.5. The Labute approximate surface area is 157 Å². The van der Waals surface area contributed by atoms with Crippen molar-refractivity contribution in [1.29, 1.82) is 0 Å². The van der Waals surface area contributed by atoms with Crippen molar-refractivity contribution in [2.24, 2.45) is 0 Å². The first-order chi connectivity index (χ1) is 13.1. The predicted octanol–water partition coefficient (Wildman–Crippen LogP) is 3.84. The van der Waals surface area contributed by atoms with Gasteiger partial charge in [0.25, 0.3) is 0 Å². The minimum Gasteiger partial charge on any atom is -0.361 e. The number of carbonyl (C=O) groups is 1. The average molecular weight is 366 g/mol. The van der Waals surface area contributed by atoms with Crippen LogP contribution in [0.3, 0.4) is 0 Å². The van der Waals surface area contributed by atoms with Gasteiger partial charge in [-0.25, -0.2) is 9.78 Å². The molecule has 0 radical (unpaired) electrons. The number of rotatable bonds is 3. The van der Waals surface area contributed by atoms with Crippen molar-refractivity contribution in [3.63, 3.8) is 0 Å². The van der Waals surface area contributed by atoms with Crippen LogP contribution in [0.15, 0.2) is 34.9 Å². The van der Waals surface area contributed by atoms with E-state index >= 15 is 0 Å². The minimum absolute atomic E-state index is 0.0601. The predicted molar refractivity (Wildman–Crippen MR) is 100 cm³/mol. The highest BCUT2D eigenvalue weighted by molar-refractivity contribution is 5.90. The van der Waals surface area contributed by atoms with Gasteiger partial charge < -0.3 is 14.7 Å². The zero-order valence-electron chi connectivity index (χ0n) is 15.4. The summed E-state index contributed by atoms with van der Waals surface area (Å²) in [6.45, 7) is 4.41. The third-order valence-corrected chi connectivity index (χ3v) is 4.72. The van der Waals surface area contributed by atoms with E-state index in [1.165, 1.54) is 0 Å². The number of amides is 2. The normalized spacial score (nSPS) is 17.1. The largest absolute Gasteiger partial charge is 0.361 e. The van der Waals surface area contributed by atoms with Crippen molar-refractivity contribution in [3.8, 4) is 11.4 Å². The van der Waals surface area contributed by atoms with Gasteiger partial charge in [-0.1, -0.05) is 17.3 Å². The molecule has 1 aromatic carbocycles. The van der Waals surface area contributed by atoms with Gasteiger partial charge in [-0.3, -0.25) is 5.10 Å². The summed E-state index contributed by atoms with van der Waals surface area (Å²) in [5.41, 5.74) is 2.37. The Balaban J connectivity index is 1.52. The lowest BCUT2D eigenvalue weighted by molar-refractivity contribution is 0.159. The van der Waals surface area contributed by atoms with Crippen LogP contribution in [0.25, 0.3) is 11.4 Å². The van der Waals surface area contributed by atoms with E-state index in [1.54, 1.807) is 0 Å². The first-order valence-electron chi connectivity index (χ1n) is 9.10. The molecule has 1 fully saturated rings. The number of nitrogens with zero attached hydrogens (tertiary/aromatic N) is 4. The molecule has 0 bridgehead atoms. The number of piperidine rings is 1. The third-order valence-electron chi connectivity index (χ3n) is 4.72. The molecule has 8 nitrogen and oxygen atoms in total. The van der Waals surface area contributed by atoms with Crippen LogP contribution in [0.1, 0.15) is 42.6 Å². The second kappa shape index (κ2) is 7.22. The monoisotopic (exact) mass is 366 g/mol. The number of nitrogens with one attached hydrogen (secondary N) is 2. The fraction of sp³-hybridized carbons (Fsp3) is 0.368. The Morgan fingerprint density at radius 2 is 2.19 bits per heavy atom. The number of urea groups is 1. The lowest BCUT2D eigenvalue weighted by Gasteiger charge is -2.34. The van der Waals surface area contributed by atoms with Crippen LogP contribution in [0.4, 0.5) is 10.5 Å². The van der Waals surface area contributed by atoms with E-state index in [4.69, 9.17) is 4.52 Å². The summed E-state index contributed by atoms with van der Waals surface area (Å²) in [5.74, 6) is 2.11.